The van der Waals surface area contributed by atoms with Gasteiger partial charge in [-0.25, -0.2) is 4.57 Å². The van der Waals surface area contributed by atoms with Gasteiger partial charge in [0.25, 0.3) is 0 Å². The molecule has 3 atom stereocenters. The number of carbonyl (C=O) groups excluding carboxylic acids is 1. The molecule has 0 aliphatic rings. The van der Waals surface area contributed by atoms with E-state index in [2.05, 4.69) is 31.3 Å². The predicted molar refractivity (Wildman–Crippen MR) is 245 cm³/mol. The second kappa shape index (κ2) is 44.8. The molecule has 0 spiro atoms. The van der Waals surface area contributed by atoms with Crippen LogP contribution in [0.1, 0.15) is 258 Å². The Morgan fingerprint density at radius 3 is 1.30 bits per heavy atom. The monoisotopic (exact) mass is 829 g/mol. The number of aliphatic hydroxyl groups excluding tert-OH is 1. The Morgan fingerprint density at radius 2 is 0.912 bits per heavy atom. The van der Waals surface area contributed by atoms with E-state index in [1.165, 1.54) is 193 Å². The Balaban J connectivity index is 4.05. The maximum absolute atomic E-state index is 12.8. The Hall–Kier alpha value is -0.760. The highest BCUT2D eigenvalue weighted by Gasteiger charge is 2.27. The lowest BCUT2D eigenvalue weighted by molar-refractivity contribution is -0.123. The van der Waals surface area contributed by atoms with Gasteiger partial charge in [0.05, 0.1) is 25.4 Å². The summed E-state index contributed by atoms with van der Waals surface area (Å²) in [6.07, 6.45) is 50.8. The number of hydrogen-bond acceptors (Lipinski definition) is 6. The maximum atomic E-state index is 12.8. The van der Waals surface area contributed by atoms with Crippen molar-refractivity contribution in [2.75, 3.05) is 19.8 Å². The summed E-state index contributed by atoms with van der Waals surface area (Å²) in [6.45, 7) is 4.24. The normalized spacial score (nSPS) is 14.0. The number of amides is 1. The van der Waals surface area contributed by atoms with E-state index < -0.39 is 20.0 Å². The molecule has 0 radical (unpaired) electrons. The number of allylic oxidation sites excluding steroid dienone is 2. The van der Waals surface area contributed by atoms with Gasteiger partial charge in [0, 0.05) is 13.0 Å². The molecule has 0 fully saturated rings. The predicted octanol–water partition coefficient (Wildman–Crippen LogP) is 14.3. The molecule has 0 aromatic heterocycles. The third-order valence-corrected chi connectivity index (χ3v) is 12.4. The number of rotatable bonds is 47. The molecule has 0 aromatic rings. The van der Waals surface area contributed by atoms with Crippen LogP contribution in [0.15, 0.2) is 12.2 Å². The molecule has 0 saturated heterocycles. The van der Waals surface area contributed by atoms with Crippen molar-refractivity contribution in [2.24, 2.45) is 5.73 Å². The Bertz CT molecular complexity index is 906. The molecule has 8 nitrogen and oxygen atoms in total. The molecule has 3 unspecified atom stereocenters. The van der Waals surface area contributed by atoms with E-state index in [-0.39, 0.29) is 25.7 Å². The lowest BCUT2D eigenvalue weighted by Gasteiger charge is -2.25. The molecule has 1 amide bonds. The van der Waals surface area contributed by atoms with Gasteiger partial charge in [0.1, 0.15) is 0 Å². The van der Waals surface area contributed by atoms with Crippen molar-refractivity contribution >= 4 is 13.7 Å². The van der Waals surface area contributed by atoms with Crippen LogP contribution in [0.25, 0.3) is 0 Å². The fraction of sp³-hybridized carbons (Fsp3) is 0.938. The third kappa shape index (κ3) is 43.1. The van der Waals surface area contributed by atoms with Gasteiger partial charge in [-0.1, -0.05) is 225 Å². The second-order valence-electron chi connectivity index (χ2n) is 17.0. The quantitative estimate of drug-likeness (QED) is 0.0273. The van der Waals surface area contributed by atoms with Crippen molar-refractivity contribution in [1.82, 2.24) is 5.32 Å². The van der Waals surface area contributed by atoms with E-state index in [9.17, 15) is 19.4 Å². The highest BCUT2D eigenvalue weighted by Crippen LogP contribution is 2.43. The van der Waals surface area contributed by atoms with Crippen LogP contribution in [0.4, 0.5) is 0 Å². The minimum atomic E-state index is -4.32. The molecule has 0 saturated carbocycles. The summed E-state index contributed by atoms with van der Waals surface area (Å²) < 4.78 is 22.3. The average Bonchev–Trinajstić information content (AvgIpc) is 3.20. The first-order chi connectivity index (χ1) is 27.9. The van der Waals surface area contributed by atoms with Crippen LogP contribution in [-0.4, -0.2) is 47.8 Å². The van der Waals surface area contributed by atoms with E-state index in [0.29, 0.717) is 12.8 Å². The molecular formula is C48H97N2O6P. The summed E-state index contributed by atoms with van der Waals surface area (Å²) in [4.78, 5) is 22.8. The molecule has 57 heavy (non-hydrogen) atoms. The summed E-state index contributed by atoms with van der Waals surface area (Å²) in [7, 11) is -4.32. The average molecular weight is 829 g/mol. The van der Waals surface area contributed by atoms with Crippen molar-refractivity contribution in [3.8, 4) is 0 Å². The third-order valence-electron chi connectivity index (χ3n) is 11.4. The molecule has 5 N–H and O–H groups in total. The van der Waals surface area contributed by atoms with E-state index in [4.69, 9.17) is 14.8 Å². The Labute approximate surface area is 354 Å². The molecule has 0 rings (SSSR count). The van der Waals surface area contributed by atoms with Crippen molar-refractivity contribution < 1.29 is 28.4 Å². The van der Waals surface area contributed by atoms with E-state index >= 15 is 0 Å². The number of carbonyl (C=O) groups is 1. The van der Waals surface area contributed by atoms with Crippen molar-refractivity contribution in [3.05, 3.63) is 12.2 Å². The molecule has 0 bridgehead atoms. The van der Waals surface area contributed by atoms with Gasteiger partial charge in [-0.2, -0.15) is 0 Å². The minimum Gasteiger partial charge on any atom is -0.391 e. The van der Waals surface area contributed by atoms with Crippen LogP contribution in [-0.2, 0) is 18.4 Å². The summed E-state index contributed by atoms with van der Waals surface area (Å²) in [5, 5.41) is 13.9. The minimum absolute atomic E-state index is 0.0906. The van der Waals surface area contributed by atoms with Gasteiger partial charge >= 0.3 is 7.82 Å². The van der Waals surface area contributed by atoms with Gasteiger partial charge in [-0.05, 0) is 38.5 Å². The van der Waals surface area contributed by atoms with Crippen LogP contribution >= 0.6 is 7.82 Å². The summed E-state index contributed by atoms with van der Waals surface area (Å²) in [5.74, 6) is -0.160. The van der Waals surface area contributed by atoms with Gasteiger partial charge < -0.3 is 21.1 Å². The number of phosphoric ester groups is 1. The molecule has 0 aliphatic carbocycles. The lowest BCUT2D eigenvalue weighted by atomic mass is 10.0. The number of aliphatic hydroxyl groups is 1. The lowest BCUT2D eigenvalue weighted by Crippen LogP contribution is -2.46. The van der Waals surface area contributed by atoms with Crippen LogP contribution in [0.3, 0.4) is 0 Å². The highest BCUT2D eigenvalue weighted by atomic mass is 31.2. The van der Waals surface area contributed by atoms with E-state index in [1.54, 1.807) is 0 Å². The number of nitrogens with two attached hydrogens (primary N) is 1. The Kier molecular flexibility index (Phi) is 44.2. The zero-order chi connectivity index (χ0) is 41.8. The first kappa shape index (κ1) is 56.2. The van der Waals surface area contributed by atoms with Crippen LogP contribution in [0.5, 0.6) is 0 Å². The standard InChI is InChI=1S/C48H97N2O6P/c1-3-5-7-9-11-13-15-17-19-21-22-23-24-26-28-30-32-34-36-38-40-42-48(52)50-46(45-56-57(53,54)55-44-43-49)47(51)41-39-37-35-33-31-29-27-25-20-18-16-14-12-10-8-6-4-2/h21-22,46-47,51H,3-20,23-45,49H2,1-2H3,(H,50,52)(H,53,54)/b22-21-. The molecule has 0 aromatic carbocycles. The number of unbranched alkanes of at least 4 members (excludes halogenated alkanes) is 33. The Morgan fingerprint density at radius 1 is 0.561 bits per heavy atom. The molecule has 0 aliphatic heterocycles. The molecule has 0 heterocycles. The number of hydrogen-bond donors (Lipinski definition) is 4. The van der Waals surface area contributed by atoms with E-state index in [1.807, 2.05) is 0 Å². The van der Waals surface area contributed by atoms with Crippen molar-refractivity contribution in [2.45, 2.75) is 270 Å². The largest absolute Gasteiger partial charge is 0.472 e. The fourth-order valence-electron chi connectivity index (χ4n) is 7.60. The number of phosphoric acid groups is 1. The van der Waals surface area contributed by atoms with Crippen molar-refractivity contribution in [3.63, 3.8) is 0 Å². The maximum Gasteiger partial charge on any atom is 0.472 e. The smallest absolute Gasteiger partial charge is 0.391 e. The summed E-state index contributed by atoms with van der Waals surface area (Å²) >= 11 is 0. The van der Waals surface area contributed by atoms with Crippen LogP contribution in [0, 0.1) is 0 Å². The van der Waals surface area contributed by atoms with Crippen LogP contribution < -0.4 is 11.1 Å². The zero-order valence-corrected chi connectivity index (χ0v) is 38.7. The van der Waals surface area contributed by atoms with Crippen LogP contribution in [0.2, 0.25) is 0 Å². The van der Waals surface area contributed by atoms with Crippen molar-refractivity contribution in [1.29, 1.82) is 0 Å². The fourth-order valence-corrected chi connectivity index (χ4v) is 8.36. The molecule has 340 valence electrons. The number of nitrogens with one attached hydrogen (secondary N) is 1. The summed E-state index contributed by atoms with van der Waals surface area (Å²) in [5.41, 5.74) is 5.39. The highest BCUT2D eigenvalue weighted by molar-refractivity contribution is 7.47. The molecular weight excluding hydrogens is 732 g/mol. The van der Waals surface area contributed by atoms with Gasteiger partial charge in [0.15, 0.2) is 0 Å². The topological polar surface area (TPSA) is 131 Å². The summed E-state index contributed by atoms with van der Waals surface area (Å²) in [6, 6.07) is -0.772. The van der Waals surface area contributed by atoms with Gasteiger partial charge in [-0.3, -0.25) is 13.8 Å². The SMILES string of the molecule is CCCCCCCCCC/C=C\CCCCCCCCCCCC(=O)NC(COP(=O)(O)OCCN)C(O)CCCCCCCCCCCCCCCCCCC. The van der Waals surface area contributed by atoms with E-state index in [0.717, 1.165) is 38.5 Å². The second-order valence-corrected chi connectivity index (χ2v) is 18.5. The van der Waals surface area contributed by atoms with Gasteiger partial charge in [0.2, 0.25) is 5.91 Å². The first-order valence-electron chi connectivity index (χ1n) is 24.8. The molecule has 9 heteroatoms. The zero-order valence-electron chi connectivity index (χ0n) is 37.9. The van der Waals surface area contributed by atoms with Gasteiger partial charge in [-0.15, -0.1) is 0 Å². The first-order valence-corrected chi connectivity index (χ1v) is 26.3.